The van der Waals surface area contributed by atoms with Gasteiger partial charge < -0.3 is 0 Å². The van der Waals surface area contributed by atoms with Crippen LogP contribution in [-0.2, 0) is 0 Å². The molecule has 3 aliphatic heterocycles. The van der Waals surface area contributed by atoms with Crippen molar-refractivity contribution in [3.63, 3.8) is 0 Å². The molecule has 2 bridgehead atoms. The van der Waals surface area contributed by atoms with Gasteiger partial charge in [0.1, 0.15) is 0 Å². The van der Waals surface area contributed by atoms with Crippen molar-refractivity contribution in [2.75, 3.05) is 32.7 Å². The first-order valence-corrected chi connectivity index (χ1v) is 7.18. The Morgan fingerprint density at radius 2 is 1.89 bits per heavy atom. The maximum absolute atomic E-state index is 5.86. The molecule has 0 spiro atoms. The van der Waals surface area contributed by atoms with Gasteiger partial charge in [-0.15, -0.1) is 0 Å². The van der Waals surface area contributed by atoms with Crippen LogP contribution in [0.15, 0.2) is 18.2 Å². The van der Waals surface area contributed by atoms with Crippen molar-refractivity contribution in [1.29, 1.82) is 0 Å². The number of nitrogens with two attached hydrogens (primary N) is 1. The molecule has 0 radical (unpaired) electrons. The number of aryl methyl sites for hydroxylation is 2. The minimum absolute atomic E-state index is 0.224. The Morgan fingerprint density at radius 3 is 2.42 bits per heavy atom. The summed E-state index contributed by atoms with van der Waals surface area (Å²) >= 11 is 0. The van der Waals surface area contributed by atoms with Crippen LogP contribution in [0.3, 0.4) is 0 Å². The van der Waals surface area contributed by atoms with Gasteiger partial charge in [0.2, 0.25) is 0 Å². The van der Waals surface area contributed by atoms with Crippen LogP contribution in [0.5, 0.6) is 0 Å². The van der Waals surface area contributed by atoms with Crippen molar-refractivity contribution in [3.8, 4) is 0 Å². The largest absolute Gasteiger partial charge is 0.299 e. The third kappa shape index (κ3) is 2.41. The number of nitrogens with one attached hydrogen (secondary N) is 1. The van der Waals surface area contributed by atoms with Crippen molar-refractivity contribution in [2.45, 2.75) is 25.9 Å². The molecular formula is C15H24N4. The molecule has 0 aromatic heterocycles. The molecule has 0 aliphatic carbocycles. The molecule has 3 saturated heterocycles. The van der Waals surface area contributed by atoms with Gasteiger partial charge in [-0.05, 0) is 30.5 Å². The smallest absolute Gasteiger partial charge is 0.0627 e. The van der Waals surface area contributed by atoms with Gasteiger partial charge in [-0.2, -0.15) is 0 Å². The van der Waals surface area contributed by atoms with Crippen molar-refractivity contribution >= 4 is 0 Å². The average molecular weight is 260 g/mol. The molecular weight excluding hydrogens is 236 g/mol. The molecule has 104 valence electrons. The highest BCUT2D eigenvalue weighted by molar-refractivity contribution is 5.32. The molecule has 3 fully saturated rings. The molecule has 1 aromatic rings. The van der Waals surface area contributed by atoms with E-state index in [2.05, 4.69) is 47.3 Å². The second-order valence-corrected chi connectivity index (χ2v) is 5.89. The number of rotatable bonds is 3. The van der Waals surface area contributed by atoms with Gasteiger partial charge >= 0.3 is 0 Å². The van der Waals surface area contributed by atoms with Gasteiger partial charge in [0.05, 0.1) is 6.04 Å². The van der Waals surface area contributed by atoms with Gasteiger partial charge in [-0.3, -0.25) is 21.1 Å². The Bertz CT molecular complexity index is 451. The summed E-state index contributed by atoms with van der Waals surface area (Å²) in [7, 11) is 0. The lowest BCUT2D eigenvalue weighted by Gasteiger charge is -2.50. The second-order valence-electron chi connectivity index (χ2n) is 5.89. The van der Waals surface area contributed by atoms with Gasteiger partial charge in [-0.1, -0.05) is 18.2 Å². The normalized spacial score (nSPS) is 31.4. The van der Waals surface area contributed by atoms with Gasteiger partial charge in [0.25, 0.3) is 0 Å². The van der Waals surface area contributed by atoms with Crippen molar-refractivity contribution in [2.24, 2.45) is 5.84 Å². The number of hydrogen-bond donors (Lipinski definition) is 2. The highest BCUT2D eigenvalue weighted by atomic mass is 15.4. The number of piperazine rings is 3. The minimum atomic E-state index is 0.224. The van der Waals surface area contributed by atoms with E-state index < -0.39 is 0 Å². The van der Waals surface area contributed by atoms with Gasteiger partial charge in [-0.25, -0.2) is 0 Å². The van der Waals surface area contributed by atoms with Gasteiger partial charge in [0.15, 0.2) is 0 Å². The van der Waals surface area contributed by atoms with E-state index in [4.69, 9.17) is 5.84 Å². The lowest BCUT2D eigenvalue weighted by Crippen LogP contribution is -2.64. The fraction of sp³-hybridized carbons (Fsp3) is 0.600. The molecule has 3 N–H and O–H groups in total. The topological polar surface area (TPSA) is 44.5 Å². The van der Waals surface area contributed by atoms with Crippen LogP contribution in [0.1, 0.15) is 22.7 Å². The first kappa shape index (κ1) is 13.1. The highest BCUT2D eigenvalue weighted by Gasteiger charge is 2.36. The maximum atomic E-state index is 5.86. The number of benzene rings is 1. The molecule has 4 nitrogen and oxygen atoms in total. The average Bonchev–Trinajstić information content (AvgIpc) is 2.45. The molecule has 0 saturated carbocycles. The molecule has 1 aromatic carbocycles. The van der Waals surface area contributed by atoms with E-state index in [9.17, 15) is 0 Å². The van der Waals surface area contributed by atoms with E-state index in [0.717, 1.165) is 6.54 Å². The Labute approximate surface area is 115 Å². The van der Waals surface area contributed by atoms with Crippen LogP contribution in [0.4, 0.5) is 0 Å². The molecule has 4 heteroatoms. The van der Waals surface area contributed by atoms with E-state index in [1.54, 1.807) is 0 Å². The van der Waals surface area contributed by atoms with E-state index in [0.29, 0.717) is 6.04 Å². The van der Waals surface area contributed by atoms with Crippen molar-refractivity contribution in [3.05, 3.63) is 34.9 Å². The Balaban J connectivity index is 1.85. The van der Waals surface area contributed by atoms with Crippen LogP contribution >= 0.6 is 0 Å². The number of fused-ring (bicyclic) bond motifs is 3. The third-order valence-corrected chi connectivity index (χ3v) is 4.78. The fourth-order valence-electron chi connectivity index (χ4n) is 3.36. The summed E-state index contributed by atoms with van der Waals surface area (Å²) in [6, 6.07) is 7.41. The predicted octanol–water partition coefficient (Wildman–Crippen LogP) is 0.808. The first-order chi connectivity index (χ1) is 9.19. The summed E-state index contributed by atoms with van der Waals surface area (Å²) in [5, 5.41) is 0. The summed E-state index contributed by atoms with van der Waals surface area (Å²) in [6.45, 7) is 10.2. The SMILES string of the molecule is Cc1ccc(C(NN)C2CN3CCN2CC3)cc1C. The summed E-state index contributed by atoms with van der Waals surface area (Å²) in [5.41, 5.74) is 7.04. The Morgan fingerprint density at radius 1 is 1.16 bits per heavy atom. The monoisotopic (exact) mass is 260 g/mol. The lowest BCUT2D eigenvalue weighted by atomic mass is 9.92. The standard InChI is InChI=1S/C15H24N4/c1-11-3-4-13(9-12(11)2)15(17-16)14-10-18-5-7-19(14)8-6-18/h3-4,9,14-15,17H,5-8,10,16H2,1-2H3. The summed E-state index contributed by atoms with van der Waals surface area (Å²) in [5.74, 6) is 5.86. The zero-order chi connectivity index (χ0) is 13.4. The molecule has 4 rings (SSSR count). The zero-order valence-corrected chi connectivity index (χ0v) is 11.9. The second kappa shape index (κ2) is 5.21. The van der Waals surface area contributed by atoms with Crippen molar-refractivity contribution in [1.82, 2.24) is 15.2 Å². The number of hydrazine groups is 1. The van der Waals surface area contributed by atoms with E-state index in [1.165, 1.54) is 42.9 Å². The minimum Gasteiger partial charge on any atom is -0.299 e. The van der Waals surface area contributed by atoms with Gasteiger partial charge in [0, 0.05) is 38.8 Å². The molecule has 0 amide bonds. The molecule has 2 unspecified atom stereocenters. The number of nitrogens with zero attached hydrogens (tertiary/aromatic N) is 2. The van der Waals surface area contributed by atoms with Crippen molar-refractivity contribution < 1.29 is 0 Å². The highest BCUT2D eigenvalue weighted by Crippen LogP contribution is 2.27. The van der Waals surface area contributed by atoms with Crippen LogP contribution in [0.25, 0.3) is 0 Å². The molecule has 19 heavy (non-hydrogen) atoms. The summed E-state index contributed by atoms with van der Waals surface area (Å²) in [4.78, 5) is 5.13. The quantitative estimate of drug-likeness (QED) is 0.623. The van der Waals surface area contributed by atoms with E-state index in [1.807, 2.05) is 0 Å². The molecule has 2 atom stereocenters. The van der Waals surface area contributed by atoms with Crippen LogP contribution in [0, 0.1) is 13.8 Å². The molecule has 3 aliphatic rings. The lowest BCUT2D eigenvalue weighted by molar-refractivity contribution is -0.00370. The summed E-state index contributed by atoms with van der Waals surface area (Å²) in [6.07, 6.45) is 0. The zero-order valence-electron chi connectivity index (χ0n) is 11.9. The first-order valence-electron chi connectivity index (χ1n) is 7.18. The fourth-order valence-corrected chi connectivity index (χ4v) is 3.36. The van der Waals surface area contributed by atoms with Crippen LogP contribution in [0.2, 0.25) is 0 Å². The van der Waals surface area contributed by atoms with Crippen LogP contribution in [-0.4, -0.2) is 48.6 Å². The third-order valence-electron chi connectivity index (χ3n) is 4.78. The Hall–Kier alpha value is -0.940. The maximum Gasteiger partial charge on any atom is 0.0627 e. The van der Waals surface area contributed by atoms with E-state index >= 15 is 0 Å². The predicted molar refractivity (Wildman–Crippen MR) is 77.8 cm³/mol. The molecule has 3 heterocycles. The summed E-state index contributed by atoms with van der Waals surface area (Å²) < 4.78 is 0. The van der Waals surface area contributed by atoms with Crippen LogP contribution < -0.4 is 11.3 Å². The Kier molecular flexibility index (Phi) is 3.58. The number of hydrogen-bond acceptors (Lipinski definition) is 4. The van der Waals surface area contributed by atoms with E-state index in [-0.39, 0.29) is 6.04 Å².